The summed E-state index contributed by atoms with van der Waals surface area (Å²) in [7, 11) is 1.81. The third-order valence-corrected chi connectivity index (χ3v) is 1.57. The summed E-state index contributed by atoms with van der Waals surface area (Å²) in [6.45, 7) is 5.25. The molecule has 0 saturated carbocycles. The van der Waals surface area contributed by atoms with E-state index in [-0.39, 0.29) is 0 Å². The molecule has 0 atom stereocenters. The lowest BCUT2D eigenvalue weighted by Gasteiger charge is -2.08. The topological polar surface area (TPSA) is 49.8 Å². The second-order valence-corrected chi connectivity index (χ2v) is 3.29. The lowest BCUT2D eigenvalue weighted by molar-refractivity contribution is 0.687. The first-order valence-electron chi connectivity index (χ1n) is 4.47. The number of nitrogens with one attached hydrogen (secondary N) is 2. The predicted molar refractivity (Wildman–Crippen MR) is 54.9 cm³/mol. The average Bonchev–Trinajstić information content (AvgIpc) is 2.15. The molecule has 2 N–H and O–H groups in total. The Morgan fingerprint density at radius 1 is 1.46 bits per heavy atom. The van der Waals surface area contributed by atoms with Gasteiger partial charge in [-0.1, -0.05) is 13.8 Å². The van der Waals surface area contributed by atoms with E-state index in [0.29, 0.717) is 11.9 Å². The summed E-state index contributed by atoms with van der Waals surface area (Å²) in [6.07, 6.45) is 1.74. The van der Waals surface area contributed by atoms with Gasteiger partial charge in [0, 0.05) is 19.8 Å². The van der Waals surface area contributed by atoms with Gasteiger partial charge in [0.15, 0.2) is 0 Å². The van der Waals surface area contributed by atoms with E-state index < -0.39 is 0 Å². The number of aromatic nitrogens is 2. The molecule has 1 aromatic rings. The first kappa shape index (κ1) is 9.77. The van der Waals surface area contributed by atoms with Crippen molar-refractivity contribution in [1.29, 1.82) is 0 Å². The summed E-state index contributed by atoms with van der Waals surface area (Å²) in [5.41, 5.74) is 0. The first-order valence-corrected chi connectivity index (χ1v) is 4.47. The normalized spacial score (nSPS) is 10.2. The molecule has 0 fully saturated rings. The summed E-state index contributed by atoms with van der Waals surface area (Å²) < 4.78 is 0. The highest BCUT2D eigenvalue weighted by Gasteiger charge is 1.97. The van der Waals surface area contributed by atoms with Crippen LogP contribution >= 0.6 is 0 Å². The van der Waals surface area contributed by atoms with Gasteiger partial charge in [-0.05, 0) is 12.0 Å². The van der Waals surface area contributed by atoms with E-state index in [1.54, 1.807) is 6.20 Å². The minimum absolute atomic E-state index is 0.619. The molecule has 72 valence electrons. The minimum atomic E-state index is 0.619. The monoisotopic (exact) mass is 180 g/mol. The first-order chi connectivity index (χ1) is 6.22. The summed E-state index contributed by atoms with van der Waals surface area (Å²) in [5, 5.41) is 6.12. The molecule has 1 heterocycles. The Morgan fingerprint density at radius 3 is 2.85 bits per heavy atom. The highest BCUT2D eigenvalue weighted by molar-refractivity contribution is 5.38. The van der Waals surface area contributed by atoms with Crippen LogP contribution in [0.15, 0.2) is 12.3 Å². The molecule has 1 rings (SSSR count). The van der Waals surface area contributed by atoms with Crippen molar-refractivity contribution in [2.45, 2.75) is 13.8 Å². The summed E-state index contributed by atoms with van der Waals surface area (Å²) in [4.78, 5) is 8.25. The van der Waals surface area contributed by atoms with E-state index in [1.165, 1.54) is 0 Å². The quantitative estimate of drug-likeness (QED) is 0.738. The van der Waals surface area contributed by atoms with Crippen LogP contribution in [0.3, 0.4) is 0 Å². The Kier molecular flexibility index (Phi) is 3.49. The zero-order valence-electron chi connectivity index (χ0n) is 8.33. The molecular weight excluding hydrogens is 164 g/mol. The van der Waals surface area contributed by atoms with E-state index in [9.17, 15) is 0 Å². The molecular formula is C9H16N4. The second-order valence-electron chi connectivity index (χ2n) is 3.29. The molecule has 0 unspecified atom stereocenters. The van der Waals surface area contributed by atoms with Gasteiger partial charge in [0.05, 0.1) is 0 Å². The van der Waals surface area contributed by atoms with E-state index in [1.807, 2.05) is 13.1 Å². The zero-order chi connectivity index (χ0) is 9.68. The van der Waals surface area contributed by atoms with Crippen LogP contribution in [0.4, 0.5) is 11.8 Å². The second kappa shape index (κ2) is 4.64. The number of anilines is 2. The fraction of sp³-hybridized carbons (Fsp3) is 0.556. The molecule has 0 radical (unpaired) electrons. The summed E-state index contributed by atoms with van der Waals surface area (Å²) in [6, 6.07) is 1.86. The third kappa shape index (κ3) is 3.27. The standard InChI is InChI=1S/C9H16N4/c1-7(2)6-12-8-4-5-11-9(10-3)13-8/h4-5,7H,6H2,1-3H3,(H2,10,11,12,13). The molecule has 0 bridgehead atoms. The number of rotatable bonds is 4. The fourth-order valence-corrected chi connectivity index (χ4v) is 0.886. The van der Waals surface area contributed by atoms with Crippen LogP contribution in [0.25, 0.3) is 0 Å². The molecule has 0 amide bonds. The molecule has 13 heavy (non-hydrogen) atoms. The van der Waals surface area contributed by atoms with Crippen molar-refractivity contribution in [3.8, 4) is 0 Å². The highest BCUT2D eigenvalue weighted by Crippen LogP contribution is 2.05. The Labute approximate surface area is 78.8 Å². The van der Waals surface area contributed by atoms with Gasteiger partial charge in [0.2, 0.25) is 5.95 Å². The largest absolute Gasteiger partial charge is 0.370 e. The Balaban J connectivity index is 2.56. The Hall–Kier alpha value is -1.32. The van der Waals surface area contributed by atoms with Crippen LogP contribution in [0.1, 0.15) is 13.8 Å². The van der Waals surface area contributed by atoms with Gasteiger partial charge < -0.3 is 10.6 Å². The zero-order valence-corrected chi connectivity index (χ0v) is 8.33. The van der Waals surface area contributed by atoms with Crippen LogP contribution < -0.4 is 10.6 Å². The predicted octanol–water partition coefficient (Wildman–Crippen LogP) is 1.59. The maximum atomic E-state index is 4.23. The number of nitrogens with zero attached hydrogens (tertiary/aromatic N) is 2. The summed E-state index contributed by atoms with van der Waals surface area (Å²) in [5.74, 6) is 2.13. The van der Waals surface area contributed by atoms with Crippen LogP contribution in [0.5, 0.6) is 0 Å². The van der Waals surface area contributed by atoms with Gasteiger partial charge >= 0.3 is 0 Å². The van der Waals surface area contributed by atoms with Gasteiger partial charge in [-0.15, -0.1) is 0 Å². The van der Waals surface area contributed by atoms with Gasteiger partial charge in [0.1, 0.15) is 5.82 Å². The molecule has 0 aliphatic heterocycles. The van der Waals surface area contributed by atoms with Crippen molar-refractivity contribution in [3.05, 3.63) is 12.3 Å². The van der Waals surface area contributed by atoms with Gasteiger partial charge in [-0.3, -0.25) is 0 Å². The number of hydrogen-bond donors (Lipinski definition) is 2. The molecule has 0 aromatic carbocycles. The lowest BCUT2D eigenvalue weighted by Crippen LogP contribution is -2.10. The van der Waals surface area contributed by atoms with Crippen molar-refractivity contribution < 1.29 is 0 Å². The number of hydrogen-bond acceptors (Lipinski definition) is 4. The molecule has 0 saturated heterocycles. The lowest BCUT2D eigenvalue weighted by atomic mass is 10.2. The van der Waals surface area contributed by atoms with E-state index in [2.05, 4.69) is 34.4 Å². The minimum Gasteiger partial charge on any atom is -0.370 e. The maximum absolute atomic E-state index is 4.23. The van der Waals surface area contributed by atoms with Gasteiger partial charge in [-0.25, -0.2) is 4.98 Å². The maximum Gasteiger partial charge on any atom is 0.224 e. The van der Waals surface area contributed by atoms with Crippen LogP contribution in [-0.4, -0.2) is 23.6 Å². The van der Waals surface area contributed by atoms with E-state index >= 15 is 0 Å². The van der Waals surface area contributed by atoms with Crippen molar-refractivity contribution >= 4 is 11.8 Å². The molecule has 1 aromatic heterocycles. The molecule has 4 heteroatoms. The van der Waals surface area contributed by atoms with Crippen LogP contribution in [-0.2, 0) is 0 Å². The van der Waals surface area contributed by atoms with Crippen molar-refractivity contribution in [3.63, 3.8) is 0 Å². The van der Waals surface area contributed by atoms with Crippen molar-refractivity contribution in [2.75, 3.05) is 24.2 Å². The van der Waals surface area contributed by atoms with E-state index in [4.69, 9.17) is 0 Å². The molecule has 0 aliphatic rings. The van der Waals surface area contributed by atoms with E-state index in [0.717, 1.165) is 12.4 Å². The van der Waals surface area contributed by atoms with Gasteiger partial charge in [-0.2, -0.15) is 4.98 Å². The van der Waals surface area contributed by atoms with Crippen molar-refractivity contribution in [1.82, 2.24) is 9.97 Å². The molecule has 0 aliphatic carbocycles. The van der Waals surface area contributed by atoms with Crippen LogP contribution in [0, 0.1) is 5.92 Å². The highest BCUT2D eigenvalue weighted by atomic mass is 15.1. The van der Waals surface area contributed by atoms with Crippen LogP contribution in [0.2, 0.25) is 0 Å². The molecule has 4 nitrogen and oxygen atoms in total. The average molecular weight is 180 g/mol. The fourth-order valence-electron chi connectivity index (χ4n) is 0.886. The smallest absolute Gasteiger partial charge is 0.224 e. The van der Waals surface area contributed by atoms with Crippen molar-refractivity contribution in [2.24, 2.45) is 5.92 Å². The Morgan fingerprint density at radius 2 is 2.23 bits per heavy atom. The summed E-state index contributed by atoms with van der Waals surface area (Å²) >= 11 is 0. The SMILES string of the molecule is CNc1nccc(NCC(C)C)n1. The molecule has 0 spiro atoms. The third-order valence-electron chi connectivity index (χ3n) is 1.57. The Bertz CT molecular complexity index is 260. The van der Waals surface area contributed by atoms with Gasteiger partial charge in [0.25, 0.3) is 0 Å².